The van der Waals surface area contributed by atoms with Gasteiger partial charge in [0.25, 0.3) is 0 Å². The fourth-order valence-corrected chi connectivity index (χ4v) is 4.68. The quantitative estimate of drug-likeness (QED) is 0.775. The number of carbonyl (C=O) groups excluding carboxylic acids is 1. The van der Waals surface area contributed by atoms with Gasteiger partial charge in [-0.05, 0) is 58.1 Å². The van der Waals surface area contributed by atoms with Crippen molar-refractivity contribution in [3.8, 4) is 0 Å². The van der Waals surface area contributed by atoms with Crippen molar-refractivity contribution in [1.29, 1.82) is 0 Å². The van der Waals surface area contributed by atoms with Gasteiger partial charge in [-0.1, -0.05) is 37.3 Å². The zero-order valence-electron chi connectivity index (χ0n) is 14.2. The zero-order chi connectivity index (χ0) is 16.0. The smallest absolute Gasteiger partial charge is 0.311 e. The van der Waals surface area contributed by atoms with E-state index in [0.29, 0.717) is 18.0 Å². The fraction of sp³-hybridized carbons (Fsp3) is 0.667. The molecule has 1 aliphatic carbocycles. The van der Waals surface area contributed by atoms with E-state index in [0.717, 1.165) is 25.7 Å². The molecule has 0 spiro atoms. The Bertz CT molecular complexity index is 578. The van der Waals surface area contributed by atoms with E-state index in [1.54, 1.807) is 0 Å². The third-order valence-corrected chi connectivity index (χ3v) is 6.38. The number of rotatable bonds is 3. The summed E-state index contributed by atoms with van der Waals surface area (Å²) in [7, 11) is 2.19. The maximum absolute atomic E-state index is 12.9. The van der Waals surface area contributed by atoms with Crippen molar-refractivity contribution < 1.29 is 9.53 Å². The van der Waals surface area contributed by atoms with Crippen LogP contribution in [0.1, 0.15) is 63.0 Å². The molecule has 24 heavy (non-hydrogen) atoms. The van der Waals surface area contributed by atoms with Crippen molar-refractivity contribution >= 4 is 5.97 Å². The molecule has 0 aromatic heterocycles. The maximum Gasteiger partial charge on any atom is 0.311 e. The molecule has 3 aliphatic rings. The molecular weight excluding hydrogens is 298 g/mol. The first-order valence-electron chi connectivity index (χ1n) is 9.12. The topological polar surface area (TPSA) is 29.5 Å². The minimum atomic E-state index is 0. The predicted molar refractivity (Wildman–Crippen MR) is 97.1 cm³/mol. The van der Waals surface area contributed by atoms with Crippen LogP contribution in [-0.2, 0) is 9.53 Å². The summed E-state index contributed by atoms with van der Waals surface area (Å²) in [5.74, 6) is 0.372. The first kappa shape index (κ1) is 17.5. The lowest BCUT2D eigenvalue weighted by molar-refractivity contribution is -0.162. The molecule has 1 saturated carbocycles. The van der Waals surface area contributed by atoms with Crippen molar-refractivity contribution in [1.82, 2.24) is 4.90 Å². The van der Waals surface area contributed by atoms with Crippen molar-refractivity contribution in [3.05, 3.63) is 35.4 Å². The van der Waals surface area contributed by atoms with Crippen LogP contribution in [0.25, 0.3) is 0 Å². The number of hydrogen-bond acceptors (Lipinski definition) is 3. The molecule has 3 nitrogen and oxygen atoms in total. The van der Waals surface area contributed by atoms with Gasteiger partial charge >= 0.3 is 5.97 Å². The average molecular weight is 329 g/mol. The van der Waals surface area contributed by atoms with Crippen molar-refractivity contribution in [2.75, 3.05) is 7.05 Å². The molecule has 3 fully saturated rings. The van der Waals surface area contributed by atoms with Crippen LogP contribution in [-0.4, -0.2) is 36.1 Å². The minimum absolute atomic E-state index is 0. The number of ether oxygens (including phenoxy) is 1. The lowest BCUT2D eigenvalue weighted by Crippen LogP contribution is -2.49. The molecule has 2 heterocycles. The number of hydrogen-bond donors (Lipinski definition) is 0. The first-order chi connectivity index (χ1) is 11.1. The number of nitrogens with zero attached hydrogens (tertiary/aromatic N) is 1. The summed E-state index contributed by atoms with van der Waals surface area (Å²) < 4.78 is 5.83. The van der Waals surface area contributed by atoms with E-state index in [9.17, 15) is 4.79 Å². The number of piperidine rings is 1. The molecule has 0 radical (unpaired) electrons. The molecule has 0 amide bonds. The molecule has 4 atom stereocenters. The van der Waals surface area contributed by atoms with Gasteiger partial charge in [-0.25, -0.2) is 0 Å². The summed E-state index contributed by atoms with van der Waals surface area (Å²) in [6.07, 6.45) is 6.93. The van der Waals surface area contributed by atoms with E-state index in [4.69, 9.17) is 4.74 Å². The van der Waals surface area contributed by atoms with E-state index in [-0.39, 0.29) is 25.4 Å². The second-order valence-electron chi connectivity index (χ2n) is 7.73. The van der Waals surface area contributed by atoms with Gasteiger partial charge in [0.05, 0.1) is 5.92 Å². The number of esters is 1. The summed E-state index contributed by atoms with van der Waals surface area (Å²) in [5.41, 5.74) is 2.59. The third-order valence-electron chi connectivity index (χ3n) is 6.38. The van der Waals surface area contributed by atoms with E-state index in [1.807, 2.05) is 0 Å². The van der Waals surface area contributed by atoms with Crippen molar-refractivity contribution in [3.63, 3.8) is 0 Å². The van der Waals surface area contributed by atoms with Crippen LogP contribution < -0.4 is 0 Å². The summed E-state index contributed by atoms with van der Waals surface area (Å²) in [6.45, 7) is 2.12. The summed E-state index contributed by atoms with van der Waals surface area (Å²) in [6, 6.07) is 9.75. The Labute approximate surface area is 146 Å². The lowest BCUT2D eigenvalue weighted by atomic mass is 9.76. The highest BCUT2D eigenvalue weighted by molar-refractivity contribution is 5.75. The molecule has 2 saturated heterocycles. The molecule has 0 N–H and O–H groups in total. The van der Waals surface area contributed by atoms with Gasteiger partial charge in [-0.3, -0.25) is 9.69 Å². The number of aryl methyl sites for hydroxylation is 1. The highest BCUT2D eigenvalue weighted by atomic mass is 16.5. The molecule has 2 bridgehead atoms. The first-order valence-corrected chi connectivity index (χ1v) is 9.12. The number of benzene rings is 1. The molecule has 4 rings (SSSR count). The number of carbonyl (C=O) groups is 1. The summed E-state index contributed by atoms with van der Waals surface area (Å²) in [5, 5.41) is 0. The monoisotopic (exact) mass is 329 g/mol. The van der Waals surface area contributed by atoms with E-state index >= 15 is 0 Å². The molecular formula is C21H31NO2. The zero-order valence-corrected chi connectivity index (χ0v) is 14.2. The van der Waals surface area contributed by atoms with E-state index in [1.165, 1.54) is 24.0 Å². The maximum atomic E-state index is 12.9. The summed E-state index contributed by atoms with van der Waals surface area (Å²) in [4.78, 5) is 15.4. The van der Waals surface area contributed by atoms with Crippen LogP contribution in [0.15, 0.2) is 24.3 Å². The van der Waals surface area contributed by atoms with Gasteiger partial charge in [-0.15, -0.1) is 0 Å². The van der Waals surface area contributed by atoms with Crippen molar-refractivity contribution in [2.24, 2.45) is 5.92 Å². The second kappa shape index (κ2) is 6.87. The normalized spacial score (nSPS) is 32.8. The highest BCUT2D eigenvalue weighted by Gasteiger charge is 2.50. The lowest BCUT2D eigenvalue weighted by Gasteiger charge is -2.42. The van der Waals surface area contributed by atoms with Gasteiger partial charge in [0.15, 0.2) is 0 Å². The predicted octanol–water partition coefficient (Wildman–Crippen LogP) is 4.29. The van der Waals surface area contributed by atoms with Crippen LogP contribution >= 0.6 is 0 Å². The average Bonchev–Trinajstić information content (AvgIpc) is 2.74. The van der Waals surface area contributed by atoms with Gasteiger partial charge < -0.3 is 4.74 Å². The molecule has 1 aromatic carbocycles. The third kappa shape index (κ3) is 2.99. The van der Waals surface area contributed by atoms with Gasteiger partial charge in [0.1, 0.15) is 6.10 Å². The minimum Gasteiger partial charge on any atom is -0.462 e. The standard InChI is InChI=1S/C20H27NO2.CH4/c1-13-6-8-14(9-7-13)17-12-15-10-11-18(21(15)2)19(17)20(22)23-16-4-3-5-16;/h6-9,15-19H,3-5,10-12H2,1-2H3;1H4/t15-,17-,18?,19+;/m1./s1. The van der Waals surface area contributed by atoms with Crippen LogP contribution in [0.5, 0.6) is 0 Å². The Balaban J connectivity index is 0.00000169. The van der Waals surface area contributed by atoms with Gasteiger partial charge in [0, 0.05) is 18.0 Å². The Morgan fingerprint density at radius 1 is 1.12 bits per heavy atom. The number of fused-ring (bicyclic) bond motifs is 2. The summed E-state index contributed by atoms with van der Waals surface area (Å²) >= 11 is 0. The Morgan fingerprint density at radius 3 is 2.46 bits per heavy atom. The Morgan fingerprint density at radius 2 is 1.83 bits per heavy atom. The fourth-order valence-electron chi connectivity index (χ4n) is 4.68. The van der Waals surface area contributed by atoms with E-state index in [2.05, 4.69) is 43.1 Å². The molecule has 132 valence electrons. The molecule has 1 aromatic rings. The second-order valence-corrected chi connectivity index (χ2v) is 7.73. The van der Waals surface area contributed by atoms with Crippen molar-refractivity contribution in [2.45, 2.75) is 77.0 Å². The van der Waals surface area contributed by atoms with Gasteiger partial charge in [-0.2, -0.15) is 0 Å². The van der Waals surface area contributed by atoms with Gasteiger partial charge in [0.2, 0.25) is 0 Å². The Kier molecular flexibility index (Phi) is 5.00. The molecule has 3 heteroatoms. The Hall–Kier alpha value is -1.35. The largest absolute Gasteiger partial charge is 0.462 e. The van der Waals surface area contributed by atoms with Crippen LogP contribution in [0, 0.1) is 12.8 Å². The molecule has 1 unspecified atom stereocenters. The van der Waals surface area contributed by atoms with Crippen LogP contribution in [0.2, 0.25) is 0 Å². The molecule has 2 aliphatic heterocycles. The van der Waals surface area contributed by atoms with Crippen LogP contribution in [0.4, 0.5) is 0 Å². The van der Waals surface area contributed by atoms with E-state index < -0.39 is 0 Å². The van der Waals surface area contributed by atoms with Crippen LogP contribution in [0.3, 0.4) is 0 Å². The SMILES string of the molecule is C.Cc1ccc([C@H]2C[C@H]3CCC([C@H]2C(=O)OC2CCC2)N3C)cc1. The highest BCUT2D eigenvalue weighted by Crippen LogP contribution is 2.47.